The Labute approximate surface area is 194 Å². The number of anilines is 1. The van der Waals surface area contributed by atoms with Gasteiger partial charge >= 0.3 is 26.0 Å². The minimum Gasteiger partial charge on any atom is -0.378 e. The zero-order valence-corrected chi connectivity index (χ0v) is 19.6. The standard InChI is InChI=1S/C16H17N.C2Cl2O2.C2H4F3NO2S/c1-13(14-7-5-4-6-8-14)15-9-11-16(12-10-15)17(2)3;3-1(5)2(4)6;1-6-9(7,8)2(3,4)5/h4-12H,1H2,2-3H3;;6H,1H3. The highest BCUT2D eigenvalue weighted by Crippen LogP contribution is 2.23. The number of benzene rings is 2. The molecule has 6 nitrogen and oxygen atoms in total. The number of nitrogens with zero attached hydrogens (tertiary/aromatic N) is 1. The number of hydrogen-bond acceptors (Lipinski definition) is 5. The van der Waals surface area contributed by atoms with Crippen molar-refractivity contribution in [3.8, 4) is 0 Å². The van der Waals surface area contributed by atoms with Gasteiger partial charge in [0.05, 0.1) is 0 Å². The molecule has 0 saturated heterocycles. The summed E-state index contributed by atoms with van der Waals surface area (Å²) in [7, 11) is -0.303. The molecule has 0 unspecified atom stereocenters. The maximum absolute atomic E-state index is 11.2. The van der Waals surface area contributed by atoms with E-state index in [1.165, 1.54) is 16.8 Å². The number of sulfonamides is 1. The molecule has 0 aliphatic heterocycles. The third kappa shape index (κ3) is 10.3. The largest absolute Gasteiger partial charge is 0.511 e. The SMILES string of the molecule is C=C(c1ccccc1)c1ccc(N(C)C)cc1.CNS(=O)(=O)C(F)(F)F.O=C(Cl)C(=O)Cl. The molecule has 0 fully saturated rings. The van der Waals surface area contributed by atoms with Gasteiger partial charge in [0, 0.05) is 19.8 Å². The van der Waals surface area contributed by atoms with Crippen LogP contribution in [0.25, 0.3) is 5.57 Å². The fourth-order valence-electron chi connectivity index (χ4n) is 1.88. The molecule has 2 aromatic rings. The van der Waals surface area contributed by atoms with Crippen LogP contribution in [-0.2, 0) is 19.6 Å². The second kappa shape index (κ2) is 13.2. The van der Waals surface area contributed by atoms with Crippen LogP contribution < -0.4 is 9.62 Å². The van der Waals surface area contributed by atoms with Gasteiger partial charge in [0.25, 0.3) is 0 Å². The smallest absolute Gasteiger partial charge is 0.378 e. The van der Waals surface area contributed by atoms with Crippen molar-refractivity contribution in [2.45, 2.75) is 5.51 Å². The molecule has 0 radical (unpaired) electrons. The van der Waals surface area contributed by atoms with Crippen molar-refractivity contribution < 1.29 is 31.2 Å². The first-order valence-electron chi connectivity index (χ1n) is 8.55. The molecule has 0 spiro atoms. The van der Waals surface area contributed by atoms with E-state index in [2.05, 4.69) is 71.1 Å². The van der Waals surface area contributed by atoms with Crippen molar-refractivity contribution in [3.05, 3.63) is 72.3 Å². The average molecular weight is 513 g/mol. The minimum absolute atomic E-state index is 0.697. The molecule has 0 amide bonds. The number of halogens is 5. The molecular formula is C20H21Cl2F3N2O4S. The van der Waals surface area contributed by atoms with Crippen LogP contribution >= 0.6 is 23.2 Å². The van der Waals surface area contributed by atoms with E-state index >= 15 is 0 Å². The maximum Gasteiger partial charge on any atom is 0.511 e. The van der Waals surface area contributed by atoms with Crippen LogP contribution in [-0.4, -0.2) is 45.6 Å². The van der Waals surface area contributed by atoms with E-state index < -0.39 is 26.0 Å². The summed E-state index contributed by atoms with van der Waals surface area (Å²) in [5, 5.41) is -2.28. The molecule has 0 aromatic heterocycles. The van der Waals surface area contributed by atoms with Gasteiger partial charge in [-0.2, -0.15) is 13.2 Å². The first kappa shape index (κ1) is 29.6. The van der Waals surface area contributed by atoms with Crippen molar-refractivity contribution in [3.63, 3.8) is 0 Å². The van der Waals surface area contributed by atoms with Gasteiger partial charge in [0.15, 0.2) is 0 Å². The van der Waals surface area contributed by atoms with Crippen LogP contribution in [0.1, 0.15) is 11.1 Å². The third-order valence-corrected chi connectivity index (χ3v) is 5.17. The molecule has 0 aliphatic carbocycles. The summed E-state index contributed by atoms with van der Waals surface area (Å²) >= 11 is 8.98. The Morgan fingerprint density at radius 2 is 1.31 bits per heavy atom. The van der Waals surface area contributed by atoms with Gasteiger partial charge in [0.2, 0.25) is 0 Å². The van der Waals surface area contributed by atoms with E-state index in [1.807, 2.05) is 32.3 Å². The van der Waals surface area contributed by atoms with Crippen LogP contribution in [0.15, 0.2) is 61.2 Å². The molecule has 0 heterocycles. The van der Waals surface area contributed by atoms with Crippen LogP contribution in [0.5, 0.6) is 0 Å². The second-order valence-electron chi connectivity index (χ2n) is 5.99. The summed E-state index contributed by atoms with van der Waals surface area (Å²) in [4.78, 5) is 20.9. The summed E-state index contributed by atoms with van der Waals surface area (Å²) in [6.07, 6.45) is 0. The lowest BCUT2D eigenvalue weighted by molar-refractivity contribution is -0.127. The van der Waals surface area contributed by atoms with Crippen LogP contribution in [0, 0.1) is 0 Å². The van der Waals surface area contributed by atoms with E-state index in [0.29, 0.717) is 7.05 Å². The average Bonchev–Trinajstić information content (AvgIpc) is 2.74. The lowest BCUT2D eigenvalue weighted by Gasteiger charge is -2.13. The number of nitrogens with one attached hydrogen (secondary N) is 1. The highest BCUT2D eigenvalue weighted by Gasteiger charge is 2.44. The predicted molar refractivity (Wildman–Crippen MR) is 121 cm³/mol. The highest BCUT2D eigenvalue weighted by atomic mass is 35.5. The Hall–Kier alpha value is -2.40. The Bertz CT molecular complexity index is 999. The lowest BCUT2D eigenvalue weighted by atomic mass is 9.99. The fraction of sp³-hybridized carbons (Fsp3) is 0.200. The Kier molecular flexibility index (Phi) is 12.2. The van der Waals surface area contributed by atoms with Gasteiger partial charge in [-0.05, 0) is 59.1 Å². The zero-order chi connectivity index (χ0) is 25.1. The quantitative estimate of drug-likeness (QED) is 0.474. The number of alkyl halides is 3. The van der Waals surface area contributed by atoms with Gasteiger partial charge in [-0.25, -0.2) is 13.1 Å². The molecule has 2 rings (SSSR count). The highest BCUT2D eigenvalue weighted by molar-refractivity contribution is 7.90. The first-order valence-corrected chi connectivity index (χ1v) is 10.8. The van der Waals surface area contributed by atoms with Gasteiger partial charge in [-0.15, -0.1) is 0 Å². The van der Waals surface area contributed by atoms with E-state index in [9.17, 15) is 31.2 Å². The molecule has 32 heavy (non-hydrogen) atoms. The molecule has 0 aliphatic rings. The summed E-state index contributed by atoms with van der Waals surface area (Å²) in [5.41, 5.74) is -0.584. The molecule has 2 aromatic carbocycles. The van der Waals surface area contributed by atoms with Crippen molar-refractivity contribution >= 4 is 55.0 Å². The summed E-state index contributed by atoms with van der Waals surface area (Å²) in [6.45, 7) is 4.16. The number of rotatable bonds is 5. The number of hydrogen-bond donors (Lipinski definition) is 1. The van der Waals surface area contributed by atoms with Crippen LogP contribution in [0.4, 0.5) is 18.9 Å². The molecule has 0 saturated carbocycles. The zero-order valence-electron chi connectivity index (χ0n) is 17.3. The fourth-order valence-corrected chi connectivity index (χ4v) is 2.11. The van der Waals surface area contributed by atoms with Crippen molar-refractivity contribution in [1.82, 2.24) is 4.72 Å². The van der Waals surface area contributed by atoms with E-state index in [1.54, 1.807) is 0 Å². The van der Waals surface area contributed by atoms with Crippen LogP contribution in [0.3, 0.4) is 0 Å². The minimum atomic E-state index is -5.19. The predicted octanol–water partition coefficient (Wildman–Crippen LogP) is 4.39. The second-order valence-corrected chi connectivity index (χ2v) is 8.55. The molecular weight excluding hydrogens is 492 g/mol. The monoisotopic (exact) mass is 512 g/mol. The summed E-state index contributed by atoms with van der Waals surface area (Å²) in [6, 6.07) is 18.7. The molecule has 1 N–H and O–H groups in total. The third-order valence-electron chi connectivity index (χ3n) is 3.58. The van der Waals surface area contributed by atoms with E-state index in [4.69, 9.17) is 0 Å². The lowest BCUT2D eigenvalue weighted by Crippen LogP contribution is -2.33. The Morgan fingerprint density at radius 1 is 0.906 bits per heavy atom. The number of carbonyl (C=O) groups is 2. The van der Waals surface area contributed by atoms with Crippen molar-refractivity contribution in [2.75, 3.05) is 26.0 Å². The summed E-state index contributed by atoms with van der Waals surface area (Å²) in [5.74, 6) is 0. The Balaban J connectivity index is 0.000000539. The topological polar surface area (TPSA) is 83.6 Å². The Morgan fingerprint density at radius 3 is 1.59 bits per heavy atom. The van der Waals surface area contributed by atoms with Crippen LogP contribution in [0.2, 0.25) is 0 Å². The summed E-state index contributed by atoms with van der Waals surface area (Å²) < 4.78 is 54.2. The molecule has 0 atom stereocenters. The van der Waals surface area contributed by atoms with E-state index in [0.717, 1.165) is 10.3 Å². The maximum atomic E-state index is 11.2. The first-order chi connectivity index (χ1) is 14.6. The van der Waals surface area contributed by atoms with Gasteiger partial charge < -0.3 is 4.90 Å². The molecule has 12 heteroatoms. The molecule has 0 bridgehead atoms. The van der Waals surface area contributed by atoms with Crippen molar-refractivity contribution in [1.29, 1.82) is 0 Å². The van der Waals surface area contributed by atoms with Crippen molar-refractivity contribution in [2.24, 2.45) is 0 Å². The molecule has 176 valence electrons. The van der Waals surface area contributed by atoms with E-state index in [-0.39, 0.29) is 0 Å². The van der Waals surface area contributed by atoms with Gasteiger partial charge in [-0.3, -0.25) is 9.59 Å². The number of carbonyl (C=O) groups excluding carboxylic acids is 2. The van der Waals surface area contributed by atoms with Gasteiger partial charge in [-0.1, -0.05) is 49.0 Å². The van der Waals surface area contributed by atoms with Gasteiger partial charge in [0.1, 0.15) is 0 Å². The normalized spacial score (nSPS) is 10.6.